The lowest BCUT2D eigenvalue weighted by Crippen LogP contribution is -2.27. The molecule has 4 aromatic rings. The van der Waals surface area contributed by atoms with Crippen LogP contribution in [0.15, 0.2) is 60.8 Å². The van der Waals surface area contributed by atoms with E-state index in [0.717, 1.165) is 65.1 Å². The van der Waals surface area contributed by atoms with Crippen LogP contribution < -0.4 is 10.6 Å². The summed E-state index contributed by atoms with van der Waals surface area (Å²) < 4.78 is 6.39. The molecule has 2 amide bonds. The zero-order valence-corrected chi connectivity index (χ0v) is 25.0. The summed E-state index contributed by atoms with van der Waals surface area (Å²) >= 11 is 0. The first-order valence-electron chi connectivity index (χ1n) is 14.3. The first kappa shape index (κ1) is 30.4. The van der Waals surface area contributed by atoms with Crippen LogP contribution in [0.3, 0.4) is 0 Å². The summed E-state index contributed by atoms with van der Waals surface area (Å²) in [5, 5.41) is 10.7. The molecule has 0 aliphatic carbocycles. The molecule has 2 aromatic carbocycles. The fraction of sp³-hybridized carbons (Fsp3) is 0.364. The van der Waals surface area contributed by atoms with Gasteiger partial charge in [0.1, 0.15) is 0 Å². The number of amides is 2. The molecule has 0 atom stereocenters. The lowest BCUT2D eigenvalue weighted by atomic mass is 9.95. The number of hydrogen-bond donors (Lipinski definition) is 2. The summed E-state index contributed by atoms with van der Waals surface area (Å²) in [6, 6.07) is 17.3. The SMILES string of the molecule is COC(=O)CCCCCCC(=O)Nc1ccc(-c2ccc3nc(-c4ccc(C)c(NC(=O)C(C)(C)C)c4)cn3n2)cc1. The van der Waals surface area contributed by atoms with Crippen molar-refractivity contribution in [2.75, 3.05) is 17.7 Å². The van der Waals surface area contributed by atoms with Gasteiger partial charge in [-0.3, -0.25) is 14.4 Å². The summed E-state index contributed by atoms with van der Waals surface area (Å²) in [4.78, 5) is 40.8. The van der Waals surface area contributed by atoms with Crippen LogP contribution in [0.1, 0.15) is 64.9 Å². The Labute approximate surface area is 246 Å². The number of unbranched alkanes of at least 4 members (excludes halogenated alkanes) is 3. The minimum Gasteiger partial charge on any atom is -0.469 e. The van der Waals surface area contributed by atoms with Crippen LogP contribution in [0.25, 0.3) is 28.2 Å². The van der Waals surface area contributed by atoms with Gasteiger partial charge in [0, 0.05) is 40.8 Å². The number of hydrogen-bond acceptors (Lipinski definition) is 6. The van der Waals surface area contributed by atoms with Crippen LogP contribution in [0.2, 0.25) is 0 Å². The molecule has 9 nitrogen and oxygen atoms in total. The highest BCUT2D eigenvalue weighted by Gasteiger charge is 2.22. The number of ether oxygens (including phenoxy) is 1. The Kier molecular flexibility index (Phi) is 9.72. The second-order valence-corrected chi connectivity index (χ2v) is 11.5. The number of aryl methyl sites for hydroxylation is 1. The molecule has 2 aromatic heterocycles. The van der Waals surface area contributed by atoms with E-state index in [0.29, 0.717) is 18.5 Å². The summed E-state index contributed by atoms with van der Waals surface area (Å²) in [5.41, 5.74) is 6.03. The highest BCUT2D eigenvalue weighted by Crippen LogP contribution is 2.28. The molecule has 0 bridgehead atoms. The van der Waals surface area contributed by atoms with Crippen LogP contribution >= 0.6 is 0 Å². The number of carbonyl (C=O) groups is 3. The van der Waals surface area contributed by atoms with Gasteiger partial charge in [0.15, 0.2) is 5.65 Å². The Morgan fingerprint density at radius 3 is 2.21 bits per heavy atom. The number of imidazole rings is 1. The Hall–Kier alpha value is -4.53. The number of esters is 1. The number of nitrogens with one attached hydrogen (secondary N) is 2. The number of aromatic nitrogens is 3. The van der Waals surface area contributed by atoms with E-state index in [2.05, 4.69) is 15.4 Å². The highest BCUT2D eigenvalue weighted by atomic mass is 16.5. The van der Waals surface area contributed by atoms with Crippen molar-refractivity contribution in [1.29, 1.82) is 0 Å². The van der Waals surface area contributed by atoms with Crippen molar-refractivity contribution >= 4 is 34.8 Å². The molecule has 0 fully saturated rings. The van der Waals surface area contributed by atoms with Crippen molar-refractivity contribution < 1.29 is 19.1 Å². The van der Waals surface area contributed by atoms with Gasteiger partial charge in [-0.15, -0.1) is 0 Å². The normalized spacial score (nSPS) is 11.4. The zero-order valence-electron chi connectivity index (χ0n) is 25.0. The first-order valence-corrected chi connectivity index (χ1v) is 14.3. The molecule has 2 heterocycles. The predicted molar refractivity (Wildman–Crippen MR) is 165 cm³/mol. The molecule has 0 saturated heterocycles. The van der Waals surface area contributed by atoms with Gasteiger partial charge in [0.2, 0.25) is 11.8 Å². The van der Waals surface area contributed by atoms with E-state index in [-0.39, 0.29) is 17.8 Å². The number of rotatable bonds is 11. The molecule has 42 heavy (non-hydrogen) atoms. The van der Waals surface area contributed by atoms with Gasteiger partial charge < -0.3 is 15.4 Å². The molecule has 0 spiro atoms. The second kappa shape index (κ2) is 13.4. The number of anilines is 2. The van der Waals surface area contributed by atoms with Gasteiger partial charge in [-0.25, -0.2) is 9.50 Å². The predicted octanol–water partition coefficient (Wildman–Crippen LogP) is 6.81. The fourth-order valence-electron chi connectivity index (χ4n) is 4.36. The summed E-state index contributed by atoms with van der Waals surface area (Å²) in [5.74, 6) is -0.265. The monoisotopic (exact) mass is 569 g/mol. The maximum atomic E-state index is 12.5. The molecule has 0 saturated carbocycles. The van der Waals surface area contributed by atoms with E-state index in [1.807, 2.05) is 88.5 Å². The number of carbonyl (C=O) groups excluding carboxylic acids is 3. The quantitative estimate of drug-likeness (QED) is 0.152. The first-order chi connectivity index (χ1) is 20.0. The second-order valence-electron chi connectivity index (χ2n) is 11.5. The zero-order chi connectivity index (χ0) is 30.3. The van der Waals surface area contributed by atoms with Gasteiger partial charge in [-0.05, 0) is 55.7 Å². The molecule has 0 aliphatic rings. The minimum atomic E-state index is -0.496. The molecule has 2 N–H and O–H groups in total. The maximum Gasteiger partial charge on any atom is 0.305 e. The lowest BCUT2D eigenvalue weighted by molar-refractivity contribution is -0.140. The van der Waals surface area contributed by atoms with E-state index < -0.39 is 5.41 Å². The molecular formula is C33H39N5O4. The fourth-order valence-corrected chi connectivity index (χ4v) is 4.36. The van der Waals surface area contributed by atoms with Crippen molar-refractivity contribution in [2.45, 2.75) is 66.2 Å². The molecule has 4 rings (SSSR count). The van der Waals surface area contributed by atoms with Crippen molar-refractivity contribution in [3.63, 3.8) is 0 Å². The minimum absolute atomic E-state index is 0.0292. The van der Waals surface area contributed by atoms with Gasteiger partial charge >= 0.3 is 5.97 Å². The average molecular weight is 570 g/mol. The Bertz CT molecular complexity index is 1570. The van der Waals surface area contributed by atoms with E-state index in [9.17, 15) is 14.4 Å². The molecule has 0 radical (unpaired) electrons. The van der Waals surface area contributed by atoms with Gasteiger partial charge in [-0.1, -0.05) is 57.9 Å². The smallest absolute Gasteiger partial charge is 0.305 e. The lowest BCUT2D eigenvalue weighted by Gasteiger charge is -2.19. The molecule has 0 unspecified atom stereocenters. The number of benzene rings is 2. The van der Waals surface area contributed by atoms with Crippen LogP contribution in [0, 0.1) is 12.3 Å². The third kappa shape index (κ3) is 8.02. The number of methoxy groups -OCH3 is 1. The molecule has 0 aliphatic heterocycles. The van der Waals surface area contributed by atoms with Crippen LogP contribution in [0.5, 0.6) is 0 Å². The van der Waals surface area contributed by atoms with E-state index in [4.69, 9.17) is 10.1 Å². The van der Waals surface area contributed by atoms with Crippen molar-refractivity contribution in [2.24, 2.45) is 5.41 Å². The van der Waals surface area contributed by atoms with Crippen LogP contribution in [-0.4, -0.2) is 39.5 Å². The molecule has 9 heteroatoms. The summed E-state index contributed by atoms with van der Waals surface area (Å²) in [7, 11) is 1.39. The Morgan fingerprint density at radius 2 is 1.52 bits per heavy atom. The highest BCUT2D eigenvalue weighted by molar-refractivity contribution is 5.95. The third-order valence-electron chi connectivity index (χ3n) is 7.01. The Morgan fingerprint density at radius 1 is 0.833 bits per heavy atom. The summed E-state index contributed by atoms with van der Waals surface area (Å²) in [6.07, 6.45) is 6.08. The van der Waals surface area contributed by atoms with Gasteiger partial charge in [0.25, 0.3) is 0 Å². The van der Waals surface area contributed by atoms with E-state index in [1.165, 1.54) is 7.11 Å². The maximum absolute atomic E-state index is 12.5. The van der Waals surface area contributed by atoms with Gasteiger partial charge in [0.05, 0.1) is 24.7 Å². The van der Waals surface area contributed by atoms with Crippen molar-refractivity contribution in [3.05, 3.63) is 66.4 Å². The van der Waals surface area contributed by atoms with E-state index >= 15 is 0 Å². The largest absolute Gasteiger partial charge is 0.469 e. The molecule has 220 valence electrons. The van der Waals surface area contributed by atoms with Gasteiger partial charge in [-0.2, -0.15) is 5.10 Å². The number of fused-ring (bicyclic) bond motifs is 1. The van der Waals surface area contributed by atoms with E-state index in [1.54, 1.807) is 4.52 Å². The molecular weight excluding hydrogens is 530 g/mol. The third-order valence-corrected chi connectivity index (χ3v) is 7.01. The standard InChI is InChI=1S/C33H39N5O4/c1-22-12-13-24(20-27(22)36-32(41)33(2,3)4)28-21-38-29(35-28)19-18-26(37-38)23-14-16-25(17-15-23)34-30(39)10-8-6-7-9-11-31(40)42-5/h12-21H,6-11H2,1-5H3,(H,34,39)(H,36,41). The Balaban J connectivity index is 1.38. The summed E-state index contributed by atoms with van der Waals surface area (Å²) in [6.45, 7) is 7.63. The number of nitrogens with zero attached hydrogens (tertiary/aromatic N) is 3. The topological polar surface area (TPSA) is 115 Å². The van der Waals surface area contributed by atoms with Crippen LogP contribution in [-0.2, 0) is 19.1 Å². The average Bonchev–Trinajstić information content (AvgIpc) is 3.39. The van der Waals surface area contributed by atoms with Crippen molar-refractivity contribution in [3.8, 4) is 22.5 Å². The van der Waals surface area contributed by atoms with Crippen molar-refractivity contribution in [1.82, 2.24) is 14.6 Å². The van der Waals surface area contributed by atoms with Crippen LogP contribution in [0.4, 0.5) is 11.4 Å².